The summed E-state index contributed by atoms with van der Waals surface area (Å²) in [6.45, 7) is 8.17. The SMILES string of the molecule is C=CCC(=CC)c1ccccc1CCCC. The van der Waals surface area contributed by atoms with E-state index in [1.165, 1.54) is 36.0 Å². The molecular formula is C16H22. The molecule has 0 saturated heterocycles. The van der Waals surface area contributed by atoms with Gasteiger partial charge in [-0.2, -0.15) is 0 Å². The van der Waals surface area contributed by atoms with E-state index < -0.39 is 0 Å². The lowest BCUT2D eigenvalue weighted by molar-refractivity contribution is 0.793. The number of allylic oxidation sites excluding steroid dienone is 3. The van der Waals surface area contributed by atoms with E-state index in [1.54, 1.807) is 0 Å². The minimum Gasteiger partial charge on any atom is -0.103 e. The Kier molecular flexibility index (Phi) is 5.63. The maximum Gasteiger partial charge on any atom is -0.00974 e. The van der Waals surface area contributed by atoms with Crippen molar-refractivity contribution in [3.8, 4) is 0 Å². The molecule has 1 aromatic carbocycles. The predicted octanol–water partition coefficient (Wildman–Crippen LogP) is 5.01. The molecule has 0 heterocycles. The molecule has 0 atom stereocenters. The lowest BCUT2D eigenvalue weighted by atomic mass is 9.94. The Balaban J connectivity index is 2.96. The summed E-state index contributed by atoms with van der Waals surface area (Å²) in [7, 11) is 0. The average Bonchev–Trinajstić information content (AvgIpc) is 2.34. The standard InChI is InChI=1S/C16H22/c1-4-7-11-15-12-8-9-13-16(15)14(6-3)10-5-2/h5-6,8-9,12-13H,2,4,7,10-11H2,1,3H3. The van der Waals surface area contributed by atoms with E-state index in [-0.39, 0.29) is 0 Å². The highest BCUT2D eigenvalue weighted by Gasteiger charge is 2.04. The topological polar surface area (TPSA) is 0 Å². The quantitative estimate of drug-likeness (QED) is 0.584. The van der Waals surface area contributed by atoms with Crippen LogP contribution >= 0.6 is 0 Å². The summed E-state index contributed by atoms with van der Waals surface area (Å²) in [6, 6.07) is 8.73. The van der Waals surface area contributed by atoms with Crippen molar-refractivity contribution in [1.29, 1.82) is 0 Å². The first-order valence-electron chi connectivity index (χ1n) is 6.17. The van der Waals surface area contributed by atoms with E-state index in [4.69, 9.17) is 0 Å². The van der Waals surface area contributed by atoms with Gasteiger partial charge < -0.3 is 0 Å². The Morgan fingerprint density at radius 3 is 2.69 bits per heavy atom. The van der Waals surface area contributed by atoms with Gasteiger partial charge in [0.2, 0.25) is 0 Å². The molecule has 0 radical (unpaired) electrons. The molecule has 0 unspecified atom stereocenters. The summed E-state index contributed by atoms with van der Waals surface area (Å²) in [5.41, 5.74) is 4.26. The van der Waals surface area contributed by atoms with Gasteiger partial charge in [0.25, 0.3) is 0 Å². The Hall–Kier alpha value is -1.30. The van der Waals surface area contributed by atoms with Crippen LogP contribution in [0.1, 0.15) is 44.2 Å². The third kappa shape index (κ3) is 3.37. The normalized spacial score (nSPS) is 11.5. The van der Waals surface area contributed by atoms with Crippen LogP contribution in [0.2, 0.25) is 0 Å². The van der Waals surface area contributed by atoms with E-state index in [9.17, 15) is 0 Å². The van der Waals surface area contributed by atoms with Crippen molar-refractivity contribution >= 4 is 5.57 Å². The lowest BCUT2D eigenvalue weighted by Crippen LogP contribution is -1.93. The molecule has 0 N–H and O–H groups in total. The maximum absolute atomic E-state index is 3.82. The van der Waals surface area contributed by atoms with Crippen molar-refractivity contribution < 1.29 is 0 Å². The Bertz CT molecular complexity index is 358. The molecule has 0 nitrogen and oxygen atoms in total. The highest BCUT2D eigenvalue weighted by Crippen LogP contribution is 2.23. The van der Waals surface area contributed by atoms with E-state index >= 15 is 0 Å². The van der Waals surface area contributed by atoms with Gasteiger partial charge in [0.05, 0.1) is 0 Å². The van der Waals surface area contributed by atoms with E-state index in [0.29, 0.717) is 0 Å². The number of hydrogen-bond acceptors (Lipinski definition) is 0. The van der Waals surface area contributed by atoms with Gasteiger partial charge in [0.1, 0.15) is 0 Å². The summed E-state index contributed by atoms with van der Waals surface area (Å²) >= 11 is 0. The second kappa shape index (κ2) is 7.05. The predicted molar refractivity (Wildman–Crippen MR) is 73.5 cm³/mol. The van der Waals surface area contributed by atoms with Gasteiger partial charge in [-0.3, -0.25) is 0 Å². The molecule has 0 aromatic heterocycles. The molecule has 0 saturated carbocycles. The summed E-state index contributed by atoms with van der Waals surface area (Å²) in [6.07, 6.45) is 8.84. The van der Waals surface area contributed by atoms with Gasteiger partial charge >= 0.3 is 0 Å². The molecule has 86 valence electrons. The third-order valence-corrected chi connectivity index (χ3v) is 2.88. The number of aryl methyl sites for hydroxylation is 1. The molecule has 0 fully saturated rings. The molecule has 16 heavy (non-hydrogen) atoms. The number of hydrogen-bond donors (Lipinski definition) is 0. The summed E-state index contributed by atoms with van der Waals surface area (Å²) in [4.78, 5) is 0. The molecule has 1 aromatic rings. The van der Waals surface area contributed by atoms with Gasteiger partial charge in [-0.1, -0.05) is 49.8 Å². The Morgan fingerprint density at radius 1 is 1.31 bits per heavy atom. The molecule has 0 spiro atoms. The van der Waals surface area contributed by atoms with Crippen LogP contribution in [-0.2, 0) is 6.42 Å². The molecule has 0 bridgehead atoms. The van der Waals surface area contributed by atoms with Crippen LogP contribution < -0.4 is 0 Å². The van der Waals surface area contributed by atoms with Gasteiger partial charge in [-0.15, -0.1) is 6.58 Å². The number of benzene rings is 1. The molecular weight excluding hydrogens is 192 g/mol. The fourth-order valence-corrected chi connectivity index (χ4v) is 1.96. The van der Waals surface area contributed by atoms with Crippen molar-refractivity contribution in [3.05, 3.63) is 54.1 Å². The third-order valence-electron chi connectivity index (χ3n) is 2.88. The highest BCUT2D eigenvalue weighted by atomic mass is 14.1. The van der Waals surface area contributed by atoms with Crippen molar-refractivity contribution in [2.45, 2.75) is 39.5 Å². The molecule has 0 heteroatoms. The average molecular weight is 214 g/mol. The second-order valence-corrected chi connectivity index (χ2v) is 4.07. The first-order valence-corrected chi connectivity index (χ1v) is 6.17. The minimum absolute atomic E-state index is 0.958. The zero-order valence-corrected chi connectivity index (χ0v) is 10.5. The fraction of sp³-hybridized carbons (Fsp3) is 0.375. The fourth-order valence-electron chi connectivity index (χ4n) is 1.96. The first kappa shape index (κ1) is 12.8. The molecule has 0 amide bonds. The van der Waals surface area contributed by atoms with E-state index in [0.717, 1.165) is 6.42 Å². The van der Waals surface area contributed by atoms with Crippen LogP contribution in [0.5, 0.6) is 0 Å². The Labute approximate surface area is 99.7 Å². The van der Waals surface area contributed by atoms with Crippen LogP contribution in [0.4, 0.5) is 0 Å². The minimum atomic E-state index is 0.958. The zero-order chi connectivity index (χ0) is 11.8. The van der Waals surface area contributed by atoms with Crippen molar-refractivity contribution in [3.63, 3.8) is 0 Å². The summed E-state index contributed by atoms with van der Waals surface area (Å²) in [5.74, 6) is 0. The van der Waals surface area contributed by atoms with Crippen molar-refractivity contribution in [2.24, 2.45) is 0 Å². The second-order valence-electron chi connectivity index (χ2n) is 4.07. The van der Waals surface area contributed by atoms with Gasteiger partial charge in [0.15, 0.2) is 0 Å². The van der Waals surface area contributed by atoms with Crippen LogP contribution in [0, 0.1) is 0 Å². The van der Waals surface area contributed by atoms with Crippen LogP contribution in [0.15, 0.2) is 43.0 Å². The number of rotatable bonds is 6. The van der Waals surface area contributed by atoms with Crippen LogP contribution in [0.3, 0.4) is 0 Å². The maximum atomic E-state index is 3.82. The summed E-state index contributed by atoms with van der Waals surface area (Å²) in [5, 5.41) is 0. The highest BCUT2D eigenvalue weighted by molar-refractivity contribution is 5.69. The molecule has 0 aliphatic heterocycles. The molecule has 0 aliphatic carbocycles. The lowest BCUT2D eigenvalue weighted by Gasteiger charge is -2.11. The summed E-state index contributed by atoms with van der Waals surface area (Å²) < 4.78 is 0. The number of unbranched alkanes of at least 4 members (excludes halogenated alkanes) is 1. The van der Waals surface area contributed by atoms with Gasteiger partial charge in [0, 0.05) is 0 Å². The van der Waals surface area contributed by atoms with E-state index in [1.807, 2.05) is 6.08 Å². The van der Waals surface area contributed by atoms with Crippen LogP contribution in [-0.4, -0.2) is 0 Å². The zero-order valence-electron chi connectivity index (χ0n) is 10.5. The van der Waals surface area contributed by atoms with Gasteiger partial charge in [-0.25, -0.2) is 0 Å². The van der Waals surface area contributed by atoms with Crippen molar-refractivity contribution in [1.82, 2.24) is 0 Å². The van der Waals surface area contributed by atoms with Crippen LogP contribution in [0.25, 0.3) is 5.57 Å². The largest absolute Gasteiger partial charge is 0.103 e. The van der Waals surface area contributed by atoms with Crippen molar-refractivity contribution in [2.75, 3.05) is 0 Å². The molecule has 0 aliphatic rings. The molecule has 1 rings (SSSR count). The van der Waals surface area contributed by atoms with E-state index in [2.05, 4.69) is 50.8 Å². The Morgan fingerprint density at radius 2 is 2.06 bits per heavy atom. The first-order chi connectivity index (χ1) is 7.83. The van der Waals surface area contributed by atoms with Gasteiger partial charge in [-0.05, 0) is 42.9 Å². The smallest absolute Gasteiger partial charge is 0.00974 e. The monoisotopic (exact) mass is 214 g/mol.